The molecule has 0 heterocycles. The number of ether oxygens (including phenoxy) is 1. The molecule has 0 saturated heterocycles. The van der Waals surface area contributed by atoms with Gasteiger partial charge < -0.3 is 4.74 Å². The monoisotopic (exact) mass is 583 g/mol. The van der Waals surface area contributed by atoms with Crippen LogP contribution in [-0.4, -0.2) is 21.5 Å². The molecule has 5 nitrogen and oxygen atoms in total. The number of sulfonamides is 1. The minimum absolute atomic E-state index is 0.185. The van der Waals surface area contributed by atoms with Gasteiger partial charge in [0, 0.05) is 17.5 Å². The smallest absolute Gasteiger partial charge is 0.305 e. The molecular weight excluding hydrogens is 542 g/mol. The largest absolute Gasteiger partial charge is 0.469 e. The van der Waals surface area contributed by atoms with Crippen molar-refractivity contribution in [2.45, 2.75) is 88.5 Å². The van der Waals surface area contributed by atoms with Crippen LogP contribution >= 0.6 is 11.6 Å². The highest BCUT2D eigenvalue weighted by Gasteiger charge is 2.22. The Bertz CT molecular complexity index is 1270. The van der Waals surface area contributed by atoms with Crippen molar-refractivity contribution in [1.29, 1.82) is 0 Å². The third-order valence-corrected chi connectivity index (χ3v) is 8.93. The summed E-state index contributed by atoms with van der Waals surface area (Å²) < 4.78 is 34.1. The SMILES string of the molecule is CCCCCCCc1ccc(CCC(NS(=O)(=O)c2ccc(Cl)cc2)c2ccc(CCCC(=O)OC)cc2)cc1. The molecule has 0 aliphatic heterocycles. The molecule has 0 bridgehead atoms. The van der Waals surface area contributed by atoms with Crippen molar-refractivity contribution in [3.8, 4) is 0 Å². The molecule has 3 aromatic rings. The van der Waals surface area contributed by atoms with Crippen molar-refractivity contribution < 1.29 is 17.9 Å². The molecular formula is C33H42ClNO4S. The van der Waals surface area contributed by atoms with Gasteiger partial charge in [-0.3, -0.25) is 4.79 Å². The lowest BCUT2D eigenvalue weighted by atomic mass is 9.97. The Hall–Kier alpha value is -2.67. The first kappa shape index (κ1) is 31.9. The molecule has 1 unspecified atom stereocenters. The highest BCUT2D eigenvalue weighted by Crippen LogP contribution is 2.24. The van der Waals surface area contributed by atoms with E-state index in [0.29, 0.717) is 24.3 Å². The van der Waals surface area contributed by atoms with E-state index in [2.05, 4.69) is 35.9 Å². The number of hydrogen-bond donors (Lipinski definition) is 1. The predicted octanol–water partition coefficient (Wildman–Crippen LogP) is 8.00. The molecule has 1 N–H and O–H groups in total. The minimum Gasteiger partial charge on any atom is -0.469 e. The first-order chi connectivity index (χ1) is 19.3. The van der Waals surface area contributed by atoms with Gasteiger partial charge in [-0.1, -0.05) is 92.7 Å². The number of benzene rings is 3. The Kier molecular flexibility index (Phi) is 13.2. The lowest BCUT2D eigenvalue weighted by Crippen LogP contribution is -2.29. The zero-order valence-electron chi connectivity index (χ0n) is 23.7. The fourth-order valence-electron chi connectivity index (χ4n) is 4.73. The van der Waals surface area contributed by atoms with Gasteiger partial charge in [0.1, 0.15) is 0 Å². The Morgan fingerprint density at radius 2 is 1.32 bits per heavy atom. The summed E-state index contributed by atoms with van der Waals surface area (Å²) in [5, 5.41) is 0.489. The molecule has 0 aliphatic rings. The lowest BCUT2D eigenvalue weighted by molar-refractivity contribution is -0.140. The zero-order valence-corrected chi connectivity index (χ0v) is 25.3. The van der Waals surface area contributed by atoms with E-state index in [4.69, 9.17) is 16.3 Å². The molecule has 0 aliphatic carbocycles. The van der Waals surface area contributed by atoms with Gasteiger partial charge in [0.05, 0.1) is 12.0 Å². The number of halogens is 1. The average molecular weight is 584 g/mol. The molecule has 0 aromatic heterocycles. The molecule has 0 amide bonds. The zero-order chi connectivity index (χ0) is 28.8. The summed E-state index contributed by atoms with van der Waals surface area (Å²) in [7, 11) is -2.35. The molecule has 3 aromatic carbocycles. The van der Waals surface area contributed by atoms with Crippen molar-refractivity contribution in [3.05, 3.63) is 100 Å². The van der Waals surface area contributed by atoms with Gasteiger partial charge in [0.2, 0.25) is 10.0 Å². The summed E-state index contributed by atoms with van der Waals surface area (Å²) in [6.07, 6.45) is 10.6. The predicted molar refractivity (Wildman–Crippen MR) is 163 cm³/mol. The van der Waals surface area contributed by atoms with Gasteiger partial charge in [-0.15, -0.1) is 0 Å². The summed E-state index contributed by atoms with van der Waals surface area (Å²) >= 11 is 5.98. The standard InChI is InChI=1S/C33H42ClNO4S/c1-3-4-5-6-7-9-26-12-14-28(15-13-26)18-25-32(35-40(37,38)31-23-21-30(34)22-24-31)29-19-16-27(17-20-29)10-8-11-33(36)39-2/h12-17,19-24,32,35H,3-11,18,25H2,1-2H3. The molecule has 7 heteroatoms. The summed E-state index contributed by atoms with van der Waals surface area (Å²) in [5.41, 5.74) is 4.53. The van der Waals surface area contributed by atoms with E-state index in [1.54, 1.807) is 12.1 Å². The number of carbonyl (C=O) groups is 1. The maximum Gasteiger partial charge on any atom is 0.305 e. The van der Waals surface area contributed by atoms with E-state index in [9.17, 15) is 13.2 Å². The van der Waals surface area contributed by atoms with Crippen molar-refractivity contribution in [2.24, 2.45) is 0 Å². The fourth-order valence-corrected chi connectivity index (χ4v) is 6.12. The van der Waals surface area contributed by atoms with Crippen molar-refractivity contribution in [1.82, 2.24) is 4.72 Å². The van der Waals surface area contributed by atoms with Crippen LogP contribution < -0.4 is 4.72 Å². The molecule has 40 heavy (non-hydrogen) atoms. The third kappa shape index (κ3) is 10.7. The summed E-state index contributed by atoms with van der Waals surface area (Å²) in [4.78, 5) is 11.6. The van der Waals surface area contributed by atoms with Crippen molar-refractivity contribution >= 4 is 27.6 Å². The number of unbranched alkanes of at least 4 members (excludes halogenated alkanes) is 4. The van der Waals surface area contributed by atoms with E-state index in [0.717, 1.165) is 30.4 Å². The Labute approximate surface area is 245 Å². The second kappa shape index (κ2) is 16.6. The van der Waals surface area contributed by atoms with Crippen LogP contribution in [0.15, 0.2) is 77.7 Å². The number of methoxy groups -OCH3 is 1. The normalized spacial score (nSPS) is 12.3. The van der Waals surface area contributed by atoms with Crippen LogP contribution in [0.3, 0.4) is 0 Å². The molecule has 0 fully saturated rings. The van der Waals surface area contributed by atoms with Crippen LogP contribution in [-0.2, 0) is 38.8 Å². The first-order valence-corrected chi connectivity index (χ1v) is 16.2. The van der Waals surface area contributed by atoms with E-state index < -0.39 is 16.1 Å². The van der Waals surface area contributed by atoms with Crippen LogP contribution in [0, 0.1) is 0 Å². The van der Waals surface area contributed by atoms with E-state index in [-0.39, 0.29) is 10.9 Å². The van der Waals surface area contributed by atoms with E-state index in [1.165, 1.54) is 62.5 Å². The number of carbonyl (C=O) groups excluding carboxylic acids is 1. The molecule has 0 spiro atoms. The number of nitrogens with one attached hydrogen (secondary N) is 1. The fraction of sp³-hybridized carbons (Fsp3) is 0.424. The van der Waals surface area contributed by atoms with Gasteiger partial charge in [-0.05, 0) is 85.0 Å². The molecule has 0 saturated carbocycles. The van der Waals surface area contributed by atoms with Crippen LogP contribution in [0.5, 0.6) is 0 Å². The molecule has 216 valence electrons. The number of esters is 1. The Morgan fingerprint density at radius 3 is 1.93 bits per heavy atom. The number of hydrogen-bond acceptors (Lipinski definition) is 4. The lowest BCUT2D eigenvalue weighted by Gasteiger charge is -2.20. The van der Waals surface area contributed by atoms with Crippen LogP contribution in [0.2, 0.25) is 5.02 Å². The van der Waals surface area contributed by atoms with Gasteiger partial charge in [0.15, 0.2) is 0 Å². The summed E-state index contributed by atoms with van der Waals surface area (Å²) in [6.45, 7) is 2.23. The van der Waals surface area contributed by atoms with Gasteiger partial charge in [0.25, 0.3) is 0 Å². The average Bonchev–Trinajstić information content (AvgIpc) is 2.96. The van der Waals surface area contributed by atoms with E-state index in [1.807, 2.05) is 24.3 Å². The highest BCUT2D eigenvalue weighted by molar-refractivity contribution is 7.89. The molecule has 0 radical (unpaired) electrons. The maximum absolute atomic E-state index is 13.3. The Morgan fingerprint density at radius 1 is 0.775 bits per heavy atom. The highest BCUT2D eigenvalue weighted by atomic mass is 35.5. The van der Waals surface area contributed by atoms with Crippen LogP contribution in [0.25, 0.3) is 0 Å². The summed E-state index contributed by atoms with van der Waals surface area (Å²) in [5.74, 6) is -0.215. The van der Waals surface area contributed by atoms with Gasteiger partial charge in [-0.25, -0.2) is 13.1 Å². The quantitative estimate of drug-likeness (QED) is 0.129. The minimum atomic E-state index is -3.75. The molecule has 3 rings (SSSR count). The van der Waals surface area contributed by atoms with Gasteiger partial charge in [-0.2, -0.15) is 0 Å². The topological polar surface area (TPSA) is 72.5 Å². The number of aryl methyl sites for hydroxylation is 3. The maximum atomic E-state index is 13.3. The number of rotatable bonds is 17. The third-order valence-electron chi connectivity index (χ3n) is 7.19. The van der Waals surface area contributed by atoms with Gasteiger partial charge >= 0.3 is 5.97 Å². The second-order valence-electron chi connectivity index (χ2n) is 10.3. The van der Waals surface area contributed by atoms with Crippen LogP contribution in [0.4, 0.5) is 0 Å². The molecule has 1 atom stereocenters. The van der Waals surface area contributed by atoms with Crippen molar-refractivity contribution in [2.75, 3.05) is 7.11 Å². The second-order valence-corrected chi connectivity index (χ2v) is 12.5. The van der Waals surface area contributed by atoms with Crippen LogP contribution in [0.1, 0.15) is 86.6 Å². The summed E-state index contributed by atoms with van der Waals surface area (Å²) in [6, 6.07) is 22.5. The Balaban J connectivity index is 1.68. The first-order valence-electron chi connectivity index (χ1n) is 14.3. The van der Waals surface area contributed by atoms with E-state index >= 15 is 0 Å². The van der Waals surface area contributed by atoms with Crippen molar-refractivity contribution in [3.63, 3.8) is 0 Å².